The Morgan fingerprint density at radius 1 is 1.19 bits per heavy atom. The zero-order chi connectivity index (χ0) is 18.8. The van der Waals surface area contributed by atoms with Crippen LogP contribution in [-0.2, 0) is 4.79 Å². The molecule has 0 N–H and O–H groups in total. The first kappa shape index (κ1) is 19.0. The summed E-state index contributed by atoms with van der Waals surface area (Å²) in [6.07, 6.45) is 2.70. The number of carbonyl (C=O) groups is 2. The van der Waals surface area contributed by atoms with E-state index in [4.69, 9.17) is 16.3 Å². The lowest BCUT2D eigenvalue weighted by Gasteiger charge is -2.38. The lowest BCUT2D eigenvalue weighted by atomic mass is 9.91. The summed E-state index contributed by atoms with van der Waals surface area (Å²) in [5.41, 5.74) is 0.417. The Labute approximate surface area is 160 Å². The van der Waals surface area contributed by atoms with Crippen LogP contribution in [0.4, 0.5) is 0 Å². The van der Waals surface area contributed by atoms with E-state index in [0.29, 0.717) is 41.1 Å². The van der Waals surface area contributed by atoms with Gasteiger partial charge in [-0.25, -0.2) is 0 Å². The summed E-state index contributed by atoms with van der Waals surface area (Å²) >= 11 is 6.08. The minimum Gasteiger partial charge on any atom is -0.496 e. The molecule has 1 aromatic carbocycles. The molecule has 6 heteroatoms. The van der Waals surface area contributed by atoms with Crippen molar-refractivity contribution in [2.75, 3.05) is 26.7 Å². The first-order chi connectivity index (χ1) is 12.4. The van der Waals surface area contributed by atoms with Gasteiger partial charge < -0.3 is 14.5 Å². The van der Waals surface area contributed by atoms with Gasteiger partial charge >= 0.3 is 0 Å². The number of methoxy groups -OCH3 is 1. The minimum atomic E-state index is -0.385. The fraction of sp³-hybridized carbons (Fsp3) is 0.600. The Hall–Kier alpha value is -1.75. The highest BCUT2D eigenvalue weighted by Gasteiger charge is 2.39. The molecule has 5 nitrogen and oxygen atoms in total. The van der Waals surface area contributed by atoms with Crippen molar-refractivity contribution < 1.29 is 14.3 Å². The summed E-state index contributed by atoms with van der Waals surface area (Å²) in [5, 5.41) is 0.481. The Kier molecular flexibility index (Phi) is 5.76. The molecule has 2 aliphatic rings. The molecule has 0 aliphatic carbocycles. The Bertz CT molecular complexity index is 684. The van der Waals surface area contributed by atoms with Crippen molar-refractivity contribution in [3.05, 3.63) is 28.8 Å². The topological polar surface area (TPSA) is 49.9 Å². The summed E-state index contributed by atoms with van der Waals surface area (Å²) in [6.45, 7) is 6.52. The van der Waals surface area contributed by atoms with Gasteiger partial charge in [-0.15, -0.1) is 0 Å². The SMILES string of the molecule is COc1ccc(Cl)cc1C(=O)N1CCC[C@@H]1C(=O)N1C[C@H](C)C[C@@H](C)C1. The average Bonchev–Trinajstić information content (AvgIpc) is 3.09. The monoisotopic (exact) mass is 378 g/mol. The van der Waals surface area contributed by atoms with Gasteiger partial charge in [-0.3, -0.25) is 9.59 Å². The van der Waals surface area contributed by atoms with Gasteiger partial charge in [-0.2, -0.15) is 0 Å². The van der Waals surface area contributed by atoms with Crippen LogP contribution in [0, 0.1) is 11.8 Å². The average molecular weight is 379 g/mol. The summed E-state index contributed by atoms with van der Waals surface area (Å²) in [7, 11) is 1.53. The Morgan fingerprint density at radius 3 is 2.54 bits per heavy atom. The lowest BCUT2D eigenvalue weighted by molar-refractivity contribution is -0.138. The number of hydrogen-bond donors (Lipinski definition) is 0. The fourth-order valence-electron chi connectivity index (χ4n) is 4.32. The second kappa shape index (κ2) is 7.87. The molecule has 0 radical (unpaired) electrons. The van der Waals surface area contributed by atoms with Crippen LogP contribution < -0.4 is 4.74 Å². The number of likely N-dealkylation sites (tertiary alicyclic amines) is 2. The molecule has 0 saturated carbocycles. The molecule has 1 aromatic rings. The standard InChI is InChI=1S/C20H27ClN2O3/c1-13-9-14(2)12-22(11-13)20(25)17-5-4-8-23(17)19(24)16-10-15(21)6-7-18(16)26-3/h6-7,10,13-14,17H,4-5,8-9,11-12H2,1-3H3/t13-,14-,17-/m1/s1. The maximum atomic E-state index is 13.1. The van der Waals surface area contributed by atoms with Crippen molar-refractivity contribution in [2.45, 2.75) is 39.2 Å². The van der Waals surface area contributed by atoms with E-state index >= 15 is 0 Å². The number of ether oxygens (including phenoxy) is 1. The molecule has 0 bridgehead atoms. The molecule has 2 amide bonds. The number of hydrogen-bond acceptors (Lipinski definition) is 3. The summed E-state index contributed by atoms with van der Waals surface area (Å²) in [4.78, 5) is 29.9. The number of rotatable bonds is 3. The smallest absolute Gasteiger partial charge is 0.258 e. The van der Waals surface area contributed by atoms with Crippen molar-refractivity contribution in [2.24, 2.45) is 11.8 Å². The number of nitrogens with zero attached hydrogens (tertiary/aromatic N) is 2. The second-order valence-corrected chi connectivity index (χ2v) is 8.13. The quantitative estimate of drug-likeness (QED) is 0.809. The second-order valence-electron chi connectivity index (χ2n) is 7.69. The predicted octanol–water partition coefficient (Wildman–Crippen LogP) is 3.46. The fourth-order valence-corrected chi connectivity index (χ4v) is 4.49. The van der Waals surface area contributed by atoms with E-state index in [1.165, 1.54) is 7.11 Å². The van der Waals surface area contributed by atoms with E-state index < -0.39 is 0 Å². The van der Waals surface area contributed by atoms with E-state index in [0.717, 1.165) is 25.9 Å². The molecule has 0 aromatic heterocycles. The zero-order valence-corrected chi connectivity index (χ0v) is 16.5. The van der Waals surface area contributed by atoms with Crippen molar-refractivity contribution >= 4 is 23.4 Å². The number of benzene rings is 1. The molecular formula is C20H27ClN2O3. The third kappa shape index (κ3) is 3.83. The molecule has 0 spiro atoms. The van der Waals surface area contributed by atoms with Gasteiger partial charge in [0.2, 0.25) is 5.91 Å². The molecule has 2 saturated heterocycles. The van der Waals surface area contributed by atoms with E-state index in [1.54, 1.807) is 23.1 Å². The van der Waals surface area contributed by atoms with Crippen LogP contribution in [0.1, 0.15) is 43.5 Å². The molecule has 142 valence electrons. The molecule has 2 fully saturated rings. The van der Waals surface area contributed by atoms with E-state index in [9.17, 15) is 9.59 Å². The highest BCUT2D eigenvalue weighted by molar-refractivity contribution is 6.31. The minimum absolute atomic E-state index is 0.0789. The normalized spacial score (nSPS) is 26.1. The third-order valence-electron chi connectivity index (χ3n) is 5.37. The lowest BCUT2D eigenvalue weighted by Crippen LogP contribution is -2.51. The van der Waals surface area contributed by atoms with Gasteiger partial charge in [0.05, 0.1) is 12.7 Å². The van der Waals surface area contributed by atoms with Gasteiger partial charge in [0.25, 0.3) is 5.91 Å². The number of amides is 2. The van der Waals surface area contributed by atoms with Gasteiger partial charge in [0.1, 0.15) is 11.8 Å². The van der Waals surface area contributed by atoms with Crippen LogP contribution in [0.5, 0.6) is 5.75 Å². The van der Waals surface area contributed by atoms with Crippen LogP contribution in [0.3, 0.4) is 0 Å². The third-order valence-corrected chi connectivity index (χ3v) is 5.61. The molecule has 3 atom stereocenters. The van der Waals surface area contributed by atoms with Gasteiger partial charge in [-0.1, -0.05) is 25.4 Å². The molecule has 3 rings (SSSR count). The predicted molar refractivity (Wildman–Crippen MR) is 102 cm³/mol. The Morgan fingerprint density at radius 2 is 1.88 bits per heavy atom. The van der Waals surface area contributed by atoms with E-state index in [-0.39, 0.29) is 17.9 Å². The van der Waals surface area contributed by atoms with Gasteiger partial charge in [0, 0.05) is 24.7 Å². The maximum absolute atomic E-state index is 13.1. The molecular weight excluding hydrogens is 352 g/mol. The van der Waals surface area contributed by atoms with Gasteiger partial charge in [-0.05, 0) is 49.3 Å². The van der Waals surface area contributed by atoms with Crippen LogP contribution >= 0.6 is 11.6 Å². The zero-order valence-electron chi connectivity index (χ0n) is 15.7. The largest absolute Gasteiger partial charge is 0.496 e. The van der Waals surface area contributed by atoms with Crippen molar-refractivity contribution in [1.29, 1.82) is 0 Å². The van der Waals surface area contributed by atoms with Crippen LogP contribution in [-0.4, -0.2) is 54.4 Å². The molecule has 0 unspecified atom stereocenters. The summed E-state index contributed by atoms with van der Waals surface area (Å²) < 4.78 is 5.32. The number of piperidine rings is 1. The highest BCUT2D eigenvalue weighted by Crippen LogP contribution is 2.29. The first-order valence-corrected chi connectivity index (χ1v) is 9.71. The van der Waals surface area contributed by atoms with E-state index in [2.05, 4.69) is 13.8 Å². The highest BCUT2D eigenvalue weighted by atomic mass is 35.5. The van der Waals surface area contributed by atoms with E-state index in [1.807, 2.05) is 4.90 Å². The van der Waals surface area contributed by atoms with Crippen molar-refractivity contribution in [3.63, 3.8) is 0 Å². The number of halogens is 1. The summed E-state index contributed by atoms with van der Waals surface area (Å²) in [5.74, 6) is 1.38. The first-order valence-electron chi connectivity index (χ1n) is 9.34. The Balaban J connectivity index is 1.81. The van der Waals surface area contributed by atoms with Crippen LogP contribution in [0.25, 0.3) is 0 Å². The van der Waals surface area contributed by atoms with Crippen LogP contribution in [0.2, 0.25) is 5.02 Å². The molecule has 26 heavy (non-hydrogen) atoms. The van der Waals surface area contributed by atoms with Crippen molar-refractivity contribution in [3.8, 4) is 5.75 Å². The van der Waals surface area contributed by atoms with Gasteiger partial charge in [0.15, 0.2) is 0 Å². The van der Waals surface area contributed by atoms with Crippen molar-refractivity contribution in [1.82, 2.24) is 9.80 Å². The molecule has 2 aliphatic heterocycles. The maximum Gasteiger partial charge on any atom is 0.258 e. The number of carbonyl (C=O) groups excluding carboxylic acids is 2. The molecule has 2 heterocycles. The van der Waals surface area contributed by atoms with Crippen LogP contribution in [0.15, 0.2) is 18.2 Å². The summed E-state index contributed by atoms with van der Waals surface area (Å²) in [6, 6.07) is 4.62.